The predicted molar refractivity (Wildman–Crippen MR) is 128 cm³/mol. The Kier molecular flexibility index (Phi) is 7.18. The summed E-state index contributed by atoms with van der Waals surface area (Å²) in [4.78, 5) is 24.8. The van der Waals surface area contributed by atoms with Crippen LogP contribution in [0.5, 0.6) is 0 Å². The number of hydrogen-bond acceptors (Lipinski definition) is 5. The van der Waals surface area contributed by atoms with Crippen molar-refractivity contribution in [3.8, 4) is 0 Å². The minimum Gasteiger partial charge on any atom is -0.462 e. The first kappa shape index (κ1) is 24.0. The minimum atomic E-state index is -3.90. The fourth-order valence-electron chi connectivity index (χ4n) is 3.29. The lowest BCUT2D eigenvalue weighted by molar-refractivity contribution is 0.0526. The van der Waals surface area contributed by atoms with Crippen molar-refractivity contribution in [2.75, 3.05) is 16.6 Å². The van der Waals surface area contributed by atoms with Gasteiger partial charge in [-0.2, -0.15) is 0 Å². The molecule has 0 saturated carbocycles. The van der Waals surface area contributed by atoms with Crippen molar-refractivity contribution in [2.45, 2.75) is 32.6 Å². The first-order valence-corrected chi connectivity index (χ1v) is 11.9. The summed E-state index contributed by atoms with van der Waals surface area (Å²) in [5, 5.41) is 2.77. The minimum absolute atomic E-state index is 0.0195. The van der Waals surface area contributed by atoms with E-state index in [2.05, 4.69) is 10.0 Å². The van der Waals surface area contributed by atoms with E-state index in [0.29, 0.717) is 28.1 Å². The molecule has 3 aromatic carbocycles. The van der Waals surface area contributed by atoms with E-state index in [9.17, 15) is 18.0 Å². The molecule has 0 fully saturated rings. The molecule has 0 spiro atoms. The monoisotopic (exact) mass is 466 g/mol. The largest absolute Gasteiger partial charge is 0.462 e. The van der Waals surface area contributed by atoms with Gasteiger partial charge in [-0.1, -0.05) is 18.2 Å². The van der Waals surface area contributed by atoms with Crippen LogP contribution < -0.4 is 10.0 Å². The summed E-state index contributed by atoms with van der Waals surface area (Å²) in [6.07, 6.45) is 0. The van der Waals surface area contributed by atoms with Gasteiger partial charge in [-0.05, 0) is 86.8 Å². The first-order chi connectivity index (χ1) is 15.6. The van der Waals surface area contributed by atoms with Gasteiger partial charge in [0.2, 0.25) is 0 Å². The van der Waals surface area contributed by atoms with Crippen LogP contribution in [0.3, 0.4) is 0 Å². The zero-order chi connectivity index (χ0) is 24.2. The van der Waals surface area contributed by atoms with Crippen LogP contribution in [0.4, 0.5) is 11.4 Å². The van der Waals surface area contributed by atoms with Crippen molar-refractivity contribution in [3.63, 3.8) is 0 Å². The third-order valence-corrected chi connectivity index (χ3v) is 6.52. The van der Waals surface area contributed by atoms with Crippen LogP contribution in [0.15, 0.2) is 65.6 Å². The molecule has 0 unspecified atom stereocenters. The molecule has 172 valence electrons. The second-order valence-electron chi connectivity index (χ2n) is 7.66. The highest BCUT2D eigenvalue weighted by Crippen LogP contribution is 2.23. The van der Waals surface area contributed by atoms with Crippen LogP contribution in [0.2, 0.25) is 0 Å². The Morgan fingerprint density at radius 1 is 0.879 bits per heavy atom. The van der Waals surface area contributed by atoms with Gasteiger partial charge < -0.3 is 10.1 Å². The first-order valence-electron chi connectivity index (χ1n) is 10.4. The molecule has 0 aromatic heterocycles. The lowest BCUT2D eigenvalue weighted by Crippen LogP contribution is -2.17. The van der Waals surface area contributed by atoms with Crippen LogP contribution in [-0.2, 0) is 14.8 Å². The van der Waals surface area contributed by atoms with Crippen LogP contribution in [-0.4, -0.2) is 26.9 Å². The molecule has 0 atom stereocenters. The van der Waals surface area contributed by atoms with Gasteiger partial charge >= 0.3 is 5.97 Å². The molecular weight excluding hydrogens is 440 g/mol. The van der Waals surface area contributed by atoms with E-state index in [4.69, 9.17) is 4.74 Å². The maximum Gasteiger partial charge on any atom is 0.338 e. The van der Waals surface area contributed by atoms with Crippen LogP contribution in [0.1, 0.15) is 44.3 Å². The fraction of sp³-hybridized carbons (Fsp3) is 0.200. The topological polar surface area (TPSA) is 102 Å². The maximum atomic E-state index is 13.0. The Balaban J connectivity index is 1.84. The number of anilines is 2. The van der Waals surface area contributed by atoms with Crippen LogP contribution >= 0.6 is 0 Å². The molecule has 0 bridgehead atoms. The van der Waals surface area contributed by atoms with Crippen molar-refractivity contribution in [3.05, 3.63) is 88.5 Å². The highest BCUT2D eigenvalue weighted by Gasteiger charge is 2.20. The summed E-state index contributed by atoms with van der Waals surface area (Å²) in [6, 6.07) is 16.4. The van der Waals surface area contributed by atoms with E-state index in [0.717, 1.165) is 5.56 Å². The molecular formula is C25H26N2O5S. The van der Waals surface area contributed by atoms with E-state index >= 15 is 0 Å². The van der Waals surface area contributed by atoms with Crippen LogP contribution in [0, 0.1) is 20.8 Å². The number of rotatable bonds is 7. The molecule has 8 heteroatoms. The molecule has 0 heterocycles. The van der Waals surface area contributed by atoms with E-state index in [1.54, 1.807) is 69.3 Å². The number of sulfonamides is 1. The number of benzene rings is 3. The summed E-state index contributed by atoms with van der Waals surface area (Å²) < 4.78 is 33.5. The van der Waals surface area contributed by atoms with Gasteiger partial charge in [0, 0.05) is 16.9 Å². The number of amides is 1. The lowest BCUT2D eigenvalue weighted by atomic mass is 10.1. The van der Waals surface area contributed by atoms with Crippen molar-refractivity contribution in [1.82, 2.24) is 0 Å². The Bertz CT molecular complexity index is 1320. The molecule has 1 amide bonds. The Morgan fingerprint density at radius 2 is 1.61 bits per heavy atom. The molecule has 0 aliphatic rings. The lowest BCUT2D eigenvalue weighted by Gasteiger charge is -2.13. The zero-order valence-electron chi connectivity index (χ0n) is 18.9. The third kappa shape index (κ3) is 5.78. The number of ether oxygens (including phenoxy) is 1. The molecule has 0 saturated heterocycles. The number of carbonyl (C=O) groups is 2. The number of hydrogen-bond donors (Lipinski definition) is 2. The van der Waals surface area contributed by atoms with Gasteiger partial charge in [0.05, 0.1) is 17.1 Å². The molecule has 2 N–H and O–H groups in total. The van der Waals surface area contributed by atoms with E-state index in [-0.39, 0.29) is 17.1 Å². The molecule has 3 aromatic rings. The van der Waals surface area contributed by atoms with Gasteiger partial charge in [0.1, 0.15) is 0 Å². The summed E-state index contributed by atoms with van der Waals surface area (Å²) in [5.74, 6) is -0.901. The summed E-state index contributed by atoms with van der Waals surface area (Å²) in [6.45, 7) is 7.30. The Labute approximate surface area is 193 Å². The van der Waals surface area contributed by atoms with E-state index in [1.165, 1.54) is 6.07 Å². The normalized spacial score (nSPS) is 11.0. The highest BCUT2D eigenvalue weighted by molar-refractivity contribution is 7.92. The SMILES string of the molecule is CCOC(=O)c1ccc(NC(=O)c2ccc(C)c(S(=O)(=O)Nc3cccc(C)c3)c2)c(C)c1. The van der Waals surface area contributed by atoms with Gasteiger partial charge in [-0.15, -0.1) is 0 Å². The second-order valence-corrected chi connectivity index (χ2v) is 9.31. The highest BCUT2D eigenvalue weighted by atomic mass is 32.2. The van der Waals surface area contributed by atoms with Gasteiger partial charge in [0.25, 0.3) is 15.9 Å². The number of aryl methyl sites for hydroxylation is 3. The van der Waals surface area contributed by atoms with E-state index < -0.39 is 21.9 Å². The maximum absolute atomic E-state index is 13.0. The average Bonchev–Trinajstić information content (AvgIpc) is 2.75. The standard InChI is InChI=1S/C25H26N2O5S/c1-5-32-25(29)20-11-12-22(18(4)14-20)26-24(28)19-10-9-17(3)23(15-19)33(30,31)27-21-8-6-7-16(2)13-21/h6-15,27H,5H2,1-4H3,(H,26,28). The van der Waals surface area contributed by atoms with Crippen molar-refractivity contribution < 1.29 is 22.7 Å². The molecule has 0 radical (unpaired) electrons. The van der Waals surface area contributed by atoms with Gasteiger partial charge in [-0.3, -0.25) is 9.52 Å². The summed E-state index contributed by atoms with van der Waals surface area (Å²) in [7, 11) is -3.90. The quantitative estimate of drug-likeness (QED) is 0.485. The summed E-state index contributed by atoms with van der Waals surface area (Å²) >= 11 is 0. The van der Waals surface area contributed by atoms with Gasteiger partial charge in [0.15, 0.2) is 0 Å². The molecule has 0 aliphatic carbocycles. The zero-order valence-corrected chi connectivity index (χ0v) is 19.7. The average molecular weight is 467 g/mol. The third-order valence-electron chi connectivity index (χ3n) is 5.00. The molecule has 33 heavy (non-hydrogen) atoms. The van der Waals surface area contributed by atoms with Crippen LogP contribution in [0.25, 0.3) is 0 Å². The Hall–Kier alpha value is -3.65. The number of nitrogens with one attached hydrogen (secondary N) is 2. The number of carbonyl (C=O) groups excluding carboxylic acids is 2. The second kappa shape index (κ2) is 9.87. The molecule has 0 aliphatic heterocycles. The van der Waals surface area contributed by atoms with Crippen molar-refractivity contribution in [1.29, 1.82) is 0 Å². The van der Waals surface area contributed by atoms with E-state index in [1.807, 2.05) is 13.0 Å². The van der Waals surface area contributed by atoms with Gasteiger partial charge in [-0.25, -0.2) is 13.2 Å². The predicted octanol–water partition coefficient (Wildman–Crippen LogP) is 4.84. The molecule has 7 nitrogen and oxygen atoms in total. The summed E-state index contributed by atoms with van der Waals surface area (Å²) in [5.41, 5.74) is 3.65. The smallest absolute Gasteiger partial charge is 0.338 e. The fourth-order valence-corrected chi connectivity index (χ4v) is 4.61. The molecule has 3 rings (SSSR count). The van der Waals surface area contributed by atoms with Crippen molar-refractivity contribution >= 4 is 33.3 Å². The number of esters is 1. The Morgan fingerprint density at radius 3 is 2.27 bits per heavy atom. The van der Waals surface area contributed by atoms with Crippen molar-refractivity contribution in [2.24, 2.45) is 0 Å².